The first-order valence-corrected chi connectivity index (χ1v) is 19.1. The molecule has 0 unspecified atom stereocenters. The number of aromatic nitrogens is 1. The molecule has 7 nitrogen and oxygen atoms in total. The molecule has 6 rings (SSSR count). The highest BCUT2D eigenvalue weighted by atomic mass is 32.2. The van der Waals surface area contributed by atoms with E-state index in [0.29, 0.717) is 11.4 Å². The first-order chi connectivity index (χ1) is 23.3. The van der Waals surface area contributed by atoms with Crippen molar-refractivity contribution in [3.63, 3.8) is 0 Å². The number of unbranched alkanes of at least 4 members (excludes halogenated alkanes) is 9. The zero-order valence-corrected chi connectivity index (χ0v) is 29.4. The zero-order valence-electron chi connectivity index (χ0n) is 28.6. The highest BCUT2D eigenvalue weighted by Gasteiger charge is 2.36. The predicted octanol–water partition coefficient (Wildman–Crippen LogP) is 9.78. The van der Waals surface area contributed by atoms with Gasteiger partial charge in [-0.3, -0.25) is 0 Å². The molecule has 1 aliphatic rings. The minimum atomic E-state index is -3.54. The molecule has 48 heavy (non-hydrogen) atoms. The Bertz CT molecular complexity index is 2060. The number of nitrogens with zero attached hydrogens (tertiary/aromatic N) is 2. The summed E-state index contributed by atoms with van der Waals surface area (Å²) < 4.78 is 39.8. The van der Waals surface area contributed by atoms with Crippen molar-refractivity contribution in [1.29, 1.82) is 0 Å². The largest absolute Gasteiger partial charge is 0.506 e. The molecule has 0 bridgehead atoms. The number of benzene rings is 4. The lowest BCUT2D eigenvalue weighted by Crippen LogP contribution is -2.36. The Morgan fingerprint density at radius 1 is 0.667 bits per heavy atom. The number of sulfone groups is 1. The van der Waals surface area contributed by atoms with Crippen LogP contribution >= 0.6 is 0 Å². The molecule has 252 valence electrons. The van der Waals surface area contributed by atoms with Crippen LogP contribution in [0.4, 0.5) is 17.1 Å². The summed E-state index contributed by atoms with van der Waals surface area (Å²) in [6, 6.07) is 22.7. The van der Waals surface area contributed by atoms with Gasteiger partial charge < -0.3 is 19.5 Å². The molecule has 0 atom stereocenters. The lowest BCUT2D eigenvalue weighted by atomic mass is 9.88. The molecular formula is C40H47N2O5S+. The topological polar surface area (TPSA) is 80.0 Å². The van der Waals surface area contributed by atoms with Gasteiger partial charge in [0.05, 0.1) is 46.9 Å². The normalized spacial score (nSPS) is 12.5. The Hall–Kier alpha value is -4.30. The Kier molecular flexibility index (Phi) is 10.1. The summed E-state index contributed by atoms with van der Waals surface area (Å²) in [4.78, 5) is 2.09. The number of rotatable bonds is 15. The van der Waals surface area contributed by atoms with E-state index in [2.05, 4.69) is 23.6 Å². The number of ether oxygens (including phenoxy) is 2. The van der Waals surface area contributed by atoms with E-state index < -0.39 is 9.84 Å². The zero-order chi connectivity index (χ0) is 33.8. The first kappa shape index (κ1) is 33.6. The molecule has 4 aromatic carbocycles. The average Bonchev–Trinajstić information content (AvgIpc) is 3.09. The first-order valence-electron chi connectivity index (χ1n) is 17.3. The van der Waals surface area contributed by atoms with E-state index in [0.717, 1.165) is 69.4 Å². The van der Waals surface area contributed by atoms with Gasteiger partial charge in [-0.1, -0.05) is 76.5 Å². The van der Waals surface area contributed by atoms with Crippen LogP contribution in [-0.2, 0) is 16.4 Å². The molecule has 0 saturated carbocycles. The van der Waals surface area contributed by atoms with Gasteiger partial charge in [-0.15, -0.1) is 0 Å². The van der Waals surface area contributed by atoms with E-state index in [1.807, 2.05) is 47.4 Å². The van der Waals surface area contributed by atoms with Crippen LogP contribution < -0.4 is 18.9 Å². The van der Waals surface area contributed by atoms with E-state index >= 15 is 0 Å². The molecule has 1 aromatic heterocycles. The third-order valence-corrected chi connectivity index (χ3v) is 10.7. The maximum absolute atomic E-state index is 12.7. The van der Waals surface area contributed by atoms with Crippen molar-refractivity contribution in [2.24, 2.45) is 0 Å². The summed E-state index contributed by atoms with van der Waals surface area (Å²) in [6.45, 7) is 3.10. The molecule has 1 N–H and O–H groups in total. The van der Waals surface area contributed by atoms with Gasteiger partial charge in [-0.2, -0.15) is 4.57 Å². The van der Waals surface area contributed by atoms with Crippen molar-refractivity contribution >= 4 is 48.7 Å². The third kappa shape index (κ3) is 6.30. The van der Waals surface area contributed by atoms with Gasteiger partial charge in [-0.05, 0) is 48.9 Å². The third-order valence-electron chi connectivity index (χ3n) is 9.63. The molecule has 0 fully saturated rings. The lowest BCUT2D eigenvalue weighted by molar-refractivity contribution is -0.645. The molecule has 1 aliphatic heterocycles. The van der Waals surface area contributed by atoms with E-state index in [-0.39, 0.29) is 10.6 Å². The number of aryl methyl sites for hydroxylation is 1. The van der Waals surface area contributed by atoms with Crippen molar-refractivity contribution < 1.29 is 27.6 Å². The van der Waals surface area contributed by atoms with Crippen molar-refractivity contribution in [2.45, 2.75) is 82.6 Å². The molecule has 0 saturated heterocycles. The molecule has 5 aromatic rings. The van der Waals surface area contributed by atoms with E-state index in [1.54, 1.807) is 20.3 Å². The minimum absolute atomic E-state index is 0.0202. The van der Waals surface area contributed by atoms with Gasteiger partial charge in [0.2, 0.25) is 11.0 Å². The fraction of sp³-hybridized carbons (Fsp3) is 0.375. The average molecular weight is 668 g/mol. The number of hydrogen-bond donors (Lipinski definition) is 1. The number of hydrogen-bond acceptors (Lipinski definition) is 6. The maximum Gasteiger partial charge on any atom is 0.217 e. The van der Waals surface area contributed by atoms with Gasteiger partial charge in [0.1, 0.15) is 23.8 Å². The molecule has 0 spiro atoms. The van der Waals surface area contributed by atoms with Crippen LogP contribution in [0.1, 0.15) is 71.1 Å². The highest BCUT2D eigenvalue weighted by molar-refractivity contribution is 7.90. The van der Waals surface area contributed by atoms with Crippen LogP contribution in [0.2, 0.25) is 0 Å². The van der Waals surface area contributed by atoms with Crippen LogP contribution in [-0.4, -0.2) is 34.0 Å². The predicted molar refractivity (Wildman–Crippen MR) is 195 cm³/mol. The number of phenols is 1. The van der Waals surface area contributed by atoms with Gasteiger partial charge in [0.25, 0.3) is 0 Å². The van der Waals surface area contributed by atoms with Gasteiger partial charge in [0.15, 0.2) is 9.84 Å². The quantitative estimate of drug-likeness (QED) is 0.0667. The minimum Gasteiger partial charge on any atom is -0.506 e. The van der Waals surface area contributed by atoms with Crippen molar-refractivity contribution in [3.05, 3.63) is 72.8 Å². The van der Waals surface area contributed by atoms with Gasteiger partial charge in [-0.25, -0.2) is 8.42 Å². The fourth-order valence-corrected chi connectivity index (χ4v) is 7.94. The van der Waals surface area contributed by atoms with Crippen molar-refractivity contribution in [3.8, 4) is 28.4 Å². The molecular weight excluding hydrogens is 621 g/mol. The van der Waals surface area contributed by atoms with Crippen molar-refractivity contribution in [2.75, 3.05) is 25.4 Å². The monoisotopic (exact) mass is 667 g/mol. The number of methoxy groups -OCH3 is 2. The number of aromatic hydroxyl groups is 1. The number of fused-ring (bicyclic) bond motifs is 4. The Morgan fingerprint density at radius 2 is 1.25 bits per heavy atom. The van der Waals surface area contributed by atoms with Gasteiger partial charge >= 0.3 is 0 Å². The smallest absolute Gasteiger partial charge is 0.217 e. The second-order valence-corrected chi connectivity index (χ2v) is 14.9. The van der Waals surface area contributed by atoms with Crippen LogP contribution in [0.25, 0.3) is 32.9 Å². The maximum atomic E-state index is 12.7. The Balaban J connectivity index is 1.51. The van der Waals surface area contributed by atoms with E-state index in [1.165, 1.54) is 69.8 Å². The molecule has 2 heterocycles. The van der Waals surface area contributed by atoms with Gasteiger partial charge in [0, 0.05) is 35.9 Å². The second-order valence-electron chi connectivity index (χ2n) is 12.8. The fourth-order valence-electron chi connectivity index (χ4n) is 7.29. The summed E-state index contributed by atoms with van der Waals surface area (Å²) in [5, 5.41) is 13.3. The molecule has 8 heteroatoms. The summed E-state index contributed by atoms with van der Waals surface area (Å²) >= 11 is 0. The number of pyridine rings is 1. The van der Waals surface area contributed by atoms with Crippen LogP contribution in [0, 0.1) is 0 Å². The summed E-state index contributed by atoms with van der Waals surface area (Å²) in [6.07, 6.45) is 13.9. The van der Waals surface area contributed by atoms with Crippen molar-refractivity contribution in [1.82, 2.24) is 0 Å². The summed E-state index contributed by atoms with van der Waals surface area (Å²) in [5.74, 6) is 1.42. The number of anilines is 3. The van der Waals surface area contributed by atoms with Crippen LogP contribution in [0.15, 0.2) is 77.7 Å². The lowest BCUT2D eigenvalue weighted by Gasteiger charge is -2.34. The SMILES string of the molecule is CCCCCCCCCCCC[n+]1c2cccc(OC)c2c2c3c(cccc31)N(c1cc(S(C)(=O)=O)ccc1O)c1cccc(OC)c1-2. The highest BCUT2D eigenvalue weighted by Crippen LogP contribution is 2.57. The van der Waals surface area contributed by atoms with E-state index in [4.69, 9.17) is 9.47 Å². The summed E-state index contributed by atoms with van der Waals surface area (Å²) in [7, 11) is -0.170. The molecule has 0 radical (unpaired) electrons. The Morgan fingerprint density at radius 3 is 1.92 bits per heavy atom. The van der Waals surface area contributed by atoms with Crippen LogP contribution in [0.5, 0.6) is 17.2 Å². The molecule has 0 amide bonds. The van der Waals surface area contributed by atoms with Crippen LogP contribution in [0.3, 0.4) is 0 Å². The van der Waals surface area contributed by atoms with E-state index in [9.17, 15) is 13.5 Å². The standard InChI is InChI=1S/C40H46N2O5S/c1-5-6-7-8-9-10-11-12-13-14-26-41-29-18-15-20-31-37(29)40(38-30(41)19-16-22-35(38)46-2)39-32(21-17-23-36(39)47-3)42(31)33-27-28(48(4,44)45)24-25-34(33)43/h15-25,27H,5-14,26H2,1-4H3/p+1. The Labute approximate surface area is 284 Å². The second kappa shape index (κ2) is 14.4. The summed E-state index contributed by atoms with van der Waals surface area (Å²) in [5.41, 5.74) is 5.98. The number of phenolic OH excluding ortho intramolecular Hbond substituents is 1. The molecule has 0 aliphatic carbocycles.